The summed E-state index contributed by atoms with van der Waals surface area (Å²) in [5.74, 6) is 1.08. The number of ketones is 1. The van der Waals surface area contributed by atoms with E-state index < -0.39 is 0 Å². The first kappa shape index (κ1) is 15.6. The molecule has 2 heteroatoms. The Hall–Kier alpha value is -1.93. The minimum Gasteiger partial charge on any atom is -0.294 e. The molecule has 1 saturated carbocycles. The molecule has 0 aliphatic heterocycles. The van der Waals surface area contributed by atoms with Crippen LogP contribution in [0.15, 0.2) is 54.6 Å². The minimum atomic E-state index is 0.296. The van der Waals surface area contributed by atoms with Crippen molar-refractivity contribution in [2.24, 2.45) is 5.92 Å². The fraction of sp³-hybridized carbons (Fsp3) is 0.318. The van der Waals surface area contributed by atoms with E-state index in [0.29, 0.717) is 12.2 Å². The molecule has 4 rings (SSSR count). The number of hydrogen-bond donors (Lipinski definition) is 0. The van der Waals surface area contributed by atoms with Crippen LogP contribution >= 0.6 is 11.3 Å². The molecule has 1 aliphatic carbocycles. The van der Waals surface area contributed by atoms with Crippen LogP contribution in [-0.2, 0) is 0 Å². The number of hydrogen-bond acceptors (Lipinski definition) is 2. The third kappa shape index (κ3) is 3.29. The largest absolute Gasteiger partial charge is 0.294 e. The van der Waals surface area contributed by atoms with Gasteiger partial charge in [0, 0.05) is 21.6 Å². The summed E-state index contributed by atoms with van der Waals surface area (Å²) in [5, 5.41) is 1.29. The molecule has 1 heterocycles. The molecule has 3 aromatic rings. The Balaban J connectivity index is 1.46. The normalized spacial score (nSPS) is 15.2. The quantitative estimate of drug-likeness (QED) is 0.473. The van der Waals surface area contributed by atoms with Crippen molar-refractivity contribution in [3.8, 4) is 10.4 Å². The number of fused-ring (bicyclic) bond motifs is 1. The van der Waals surface area contributed by atoms with Gasteiger partial charge in [0.05, 0.1) is 0 Å². The summed E-state index contributed by atoms with van der Waals surface area (Å²) in [6, 6.07) is 18.9. The predicted molar refractivity (Wildman–Crippen MR) is 103 cm³/mol. The van der Waals surface area contributed by atoms with Crippen LogP contribution in [0.5, 0.6) is 0 Å². The van der Waals surface area contributed by atoms with Gasteiger partial charge in [-0.2, -0.15) is 0 Å². The second-order valence-corrected chi connectivity index (χ2v) is 7.92. The third-order valence-electron chi connectivity index (χ3n) is 5.17. The second-order valence-electron chi connectivity index (χ2n) is 6.84. The molecule has 0 atom stereocenters. The standard InChI is InChI=1S/C22H22OS/c23-20(14-9-16-5-1-2-6-16)17-10-12-18(13-11-17)22-15-19-7-3-4-8-21(19)24-22/h3-4,7-8,10-13,15-16H,1-2,5-6,9,14H2. The molecule has 0 radical (unpaired) electrons. The highest BCUT2D eigenvalue weighted by molar-refractivity contribution is 7.22. The van der Waals surface area contributed by atoms with Gasteiger partial charge in [0.2, 0.25) is 0 Å². The van der Waals surface area contributed by atoms with Crippen molar-refractivity contribution in [3.05, 3.63) is 60.2 Å². The lowest BCUT2D eigenvalue weighted by atomic mass is 9.97. The van der Waals surface area contributed by atoms with Crippen molar-refractivity contribution in [1.82, 2.24) is 0 Å². The van der Waals surface area contributed by atoms with Crippen LogP contribution in [0.25, 0.3) is 20.5 Å². The second kappa shape index (κ2) is 6.90. The fourth-order valence-electron chi connectivity index (χ4n) is 3.72. The Kier molecular flexibility index (Phi) is 4.48. The first-order valence-electron chi connectivity index (χ1n) is 8.92. The molecule has 2 aromatic carbocycles. The Bertz CT molecular complexity index is 805. The maximum Gasteiger partial charge on any atom is 0.162 e. The summed E-state index contributed by atoms with van der Waals surface area (Å²) in [5.41, 5.74) is 2.06. The molecule has 24 heavy (non-hydrogen) atoms. The molecule has 0 saturated heterocycles. The topological polar surface area (TPSA) is 17.1 Å². The zero-order valence-corrected chi connectivity index (χ0v) is 14.6. The van der Waals surface area contributed by atoms with E-state index in [-0.39, 0.29) is 0 Å². The van der Waals surface area contributed by atoms with Crippen molar-refractivity contribution in [2.45, 2.75) is 38.5 Å². The Morgan fingerprint density at radius 3 is 2.50 bits per heavy atom. The maximum absolute atomic E-state index is 12.4. The van der Waals surface area contributed by atoms with Crippen LogP contribution in [-0.4, -0.2) is 5.78 Å². The molecule has 0 amide bonds. The first-order valence-corrected chi connectivity index (χ1v) is 9.73. The van der Waals surface area contributed by atoms with Crippen LogP contribution in [0.2, 0.25) is 0 Å². The molecular weight excluding hydrogens is 312 g/mol. The Morgan fingerprint density at radius 2 is 1.75 bits per heavy atom. The number of carbonyl (C=O) groups excluding carboxylic acids is 1. The minimum absolute atomic E-state index is 0.296. The SMILES string of the molecule is O=C(CCC1CCCC1)c1ccc(-c2cc3ccccc3s2)cc1. The summed E-state index contributed by atoms with van der Waals surface area (Å²) in [4.78, 5) is 13.7. The van der Waals surface area contributed by atoms with Gasteiger partial charge in [-0.3, -0.25) is 4.79 Å². The molecule has 0 bridgehead atoms. The highest BCUT2D eigenvalue weighted by atomic mass is 32.1. The Labute approximate surface area is 147 Å². The van der Waals surface area contributed by atoms with Gasteiger partial charge in [-0.05, 0) is 35.4 Å². The van der Waals surface area contributed by atoms with Gasteiger partial charge in [-0.25, -0.2) is 0 Å². The first-order chi connectivity index (χ1) is 11.8. The van der Waals surface area contributed by atoms with E-state index >= 15 is 0 Å². The van der Waals surface area contributed by atoms with E-state index in [1.165, 1.54) is 46.2 Å². The van der Waals surface area contributed by atoms with E-state index in [0.717, 1.165) is 17.9 Å². The zero-order chi connectivity index (χ0) is 16.4. The molecule has 1 aliphatic rings. The summed E-state index contributed by atoms with van der Waals surface area (Å²) < 4.78 is 1.31. The van der Waals surface area contributed by atoms with E-state index in [2.05, 4.69) is 42.5 Å². The lowest BCUT2D eigenvalue weighted by molar-refractivity contribution is 0.0974. The molecule has 0 N–H and O–H groups in total. The molecule has 0 spiro atoms. The monoisotopic (exact) mass is 334 g/mol. The molecule has 1 fully saturated rings. The molecule has 0 unspecified atom stereocenters. The lowest BCUT2D eigenvalue weighted by Crippen LogP contribution is -2.02. The summed E-state index contributed by atoms with van der Waals surface area (Å²) in [6.07, 6.45) is 7.10. The zero-order valence-electron chi connectivity index (χ0n) is 13.8. The number of benzene rings is 2. The van der Waals surface area contributed by atoms with Gasteiger partial charge < -0.3 is 0 Å². The molecule has 1 aromatic heterocycles. The van der Waals surface area contributed by atoms with Gasteiger partial charge in [-0.1, -0.05) is 68.1 Å². The molecular formula is C22H22OS. The van der Waals surface area contributed by atoms with Crippen molar-refractivity contribution in [2.75, 3.05) is 0 Å². The van der Waals surface area contributed by atoms with Gasteiger partial charge in [-0.15, -0.1) is 11.3 Å². The summed E-state index contributed by atoms with van der Waals surface area (Å²) in [6.45, 7) is 0. The lowest BCUT2D eigenvalue weighted by Gasteiger charge is -2.08. The highest BCUT2D eigenvalue weighted by Gasteiger charge is 2.16. The molecule has 1 nitrogen and oxygen atoms in total. The van der Waals surface area contributed by atoms with Crippen molar-refractivity contribution < 1.29 is 4.79 Å². The van der Waals surface area contributed by atoms with Crippen molar-refractivity contribution in [3.63, 3.8) is 0 Å². The maximum atomic E-state index is 12.4. The van der Waals surface area contributed by atoms with Crippen LogP contribution in [0, 0.1) is 5.92 Å². The Morgan fingerprint density at radius 1 is 1.00 bits per heavy atom. The van der Waals surface area contributed by atoms with Crippen LogP contribution < -0.4 is 0 Å². The average molecular weight is 334 g/mol. The van der Waals surface area contributed by atoms with Gasteiger partial charge in [0.15, 0.2) is 5.78 Å². The van der Waals surface area contributed by atoms with Crippen LogP contribution in [0.3, 0.4) is 0 Å². The van der Waals surface area contributed by atoms with Crippen molar-refractivity contribution in [1.29, 1.82) is 0 Å². The summed E-state index contributed by atoms with van der Waals surface area (Å²) in [7, 11) is 0. The van der Waals surface area contributed by atoms with E-state index in [1.807, 2.05) is 12.1 Å². The number of thiophene rings is 1. The molecule has 122 valence electrons. The fourth-order valence-corrected chi connectivity index (χ4v) is 4.79. The summed E-state index contributed by atoms with van der Waals surface area (Å²) >= 11 is 1.81. The van der Waals surface area contributed by atoms with Gasteiger partial charge in [0.1, 0.15) is 0 Å². The number of carbonyl (C=O) groups is 1. The van der Waals surface area contributed by atoms with E-state index in [9.17, 15) is 4.79 Å². The number of rotatable bonds is 5. The average Bonchev–Trinajstić information content (AvgIpc) is 3.29. The van der Waals surface area contributed by atoms with E-state index in [4.69, 9.17) is 0 Å². The highest BCUT2D eigenvalue weighted by Crippen LogP contribution is 2.33. The van der Waals surface area contributed by atoms with Crippen molar-refractivity contribution >= 4 is 27.2 Å². The van der Waals surface area contributed by atoms with Gasteiger partial charge >= 0.3 is 0 Å². The van der Waals surface area contributed by atoms with Crippen LogP contribution in [0.1, 0.15) is 48.9 Å². The number of Topliss-reactive ketones (excluding diaryl/α,β-unsaturated/α-hetero) is 1. The van der Waals surface area contributed by atoms with Crippen LogP contribution in [0.4, 0.5) is 0 Å². The van der Waals surface area contributed by atoms with E-state index in [1.54, 1.807) is 11.3 Å². The smallest absolute Gasteiger partial charge is 0.162 e. The predicted octanol–water partition coefficient (Wildman–Crippen LogP) is 6.72. The van der Waals surface area contributed by atoms with Gasteiger partial charge in [0.25, 0.3) is 0 Å². The third-order valence-corrected chi connectivity index (χ3v) is 6.34.